The molecule has 1 aliphatic heterocycles. The molecule has 3 aromatic carbocycles. The number of para-hydroxylation sites is 2. The van der Waals surface area contributed by atoms with Crippen LogP contribution < -0.4 is 19.5 Å². The summed E-state index contributed by atoms with van der Waals surface area (Å²) in [5.74, 6) is 0.547. The topological polar surface area (TPSA) is 82.0 Å². The van der Waals surface area contributed by atoms with Gasteiger partial charge >= 0.3 is 6.09 Å². The number of nitrogens with one attached hydrogen (secondary N) is 1. The number of anilines is 1. The maximum Gasteiger partial charge on any atom is 0.415 e. The molecule has 0 spiro atoms. The van der Waals surface area contributed by atoms with Crippen molar-refractivity contribution >= 4 is 28.6 Å². The van der Waals surface area contributed by atoms with E-state index in [4.69, 9.17) is 14.2 Å². The van der Waals surface area contributed by atoms with Gasteiger partial charge in [0.2, 0.25) is 6.10 Å². The van der Waals surface area contributed by atoms with E-state index in [1.807, 2.05) is 42.8 Å². The van der Waals surface area contributed by atoms with Crippen LogP contribution in [0.15, 0.2) is 72.9 Å². The number of benzene rings is 3. The van der Waals surface area contributed by atoms with E-state index < -0.39 is 18.1 Å². The molecule has 2 amide bonds. The van der Waals surface area contributed by atoms with Gasteiger partial charge in [0.25, 0.3) is 5.91 Å². The summed E-state index contributed by atoms with van der Waals surface area (Å²) in [6.45, 7) is 5.24. The average molecular weight is 518 g/mol. The number of hydrogen-bond acceptors (Lipinski definition) is 5. The molecule has 4 aromatic rings. The highest BCUT2D eigenvalue weighted by molar-refractivity contribution is 6.06. The fourth-order valence-electron chi connectivity index (χ4n) is 4.38. The van der Waals surface area contributed by atoms with E-state index in [-0.39, 0.29) is 18.2 Å². The van der Waals surface area contributed by atoms with E-state index in [9.17, 15) is 14.0 Å². The Bertz CT molecular complexity index is 1460. The predicted molar refractivity (Wildman–Crippen MR) is 141 cm³/mol. The Labute approximate surface area is 219 Å². The Morgan fingerprint density at radius 3 is 2.50 bits per heavy atom. The summed E-state index contributed by atoms with van der Waals surface area (Å²) in [6, 6.07) is 18.8. The van der Waals surface area contributed by atoms with Gasteiger partial charge in [-0.1, -0.05) is 24.3 Å². The third-order valence-corrected chi connectivity index (χ3v) is 6.45. The quantitative estimate of drug-likeness (QED) is 0.353. The number of rotatable bonds is 7. The fourth-order valence-corrected chi connectivity index (χ4v) is 4.38. The lowest BCUT2D eigenvalue weighted by Gasteiger charge is -2.26. The van der Waals surface area contributed by atoms with E-state index in [0.29, 0.717) is 42.2 Å². The van der Waals surface area contributed by atoms with Gasteiger partial charge < -0.3 is 29.0 Å². The lowest BCUT2D eigenvalue weighted by atomic mass is 10.1. The van der Waals surface area contributed by atoms with Crippen molar-refractivity contribution < 1.29 is 28.2 Å². The number of carbonyl (C=O) groups excluding carboxylic acids is 2. The predicted octanol–water partition coefficient (Wildman–Crippen LogP) is 5.45. The Morgan fingerprint density at radius 1 is 1.03 bits per heavy atom. The van der Waals surface area contributed by atoms with E-state index in [0.717, 1.165) is 11.1 Å². The summed E-state index contributed by atoms with van der Waals surface area (Å²) in [5, 5.41) is 3.60. The Kier molecular flexibility index (Phi) is 7.17. The van der Waals surface area contributed by atoms with Crippen LogP contribution in [0.4, 0.5) is 14.9 Å². The normalized spacial score (nSPS) is 14.2. The molecule has 0 saturated carbocycles. The van der Waals surface area contributed by atoms with Gasteiger partial charge in [0.05, 0.1) is 11.2 Å². The number of halogens is 1. The van der Waals surface area contributed by atoms with Crippen LogP contribution in [-0.2, 0) is 11.3 Å². The number of fused-ring (bicyclic) bond motifs is 2. The molecule has 0 unspecified atom stereocenters. The maximum absolute atomic E-state index is 13.4. The zero-order valence-electron chi connectivity index (χ0n) is 21.1. The molecule has 1 N–H and O–H groups in total. The molecule has 0 radical (unpaired) electrons. The minimum Gasteiger partial charge on any atom is -0.485 e. The van der Waals surface area contributed by atoms with Crippen LogP contribution in [0.5, 0.6) is 17.2 Å². The lowest BCUT2D eigenvalue weighted by molar-refractivity contribution is -0.125. The second kappa shape index (κ2) is 10.8. The number of aromatic nitrogens is 1. The summed E-state index contributed by atoms with van der Waals surface area (Å²) in [6.07, 6.45) is 0.463. The first-order valence-electron chi connectivity index (χ1n) is 12.5. The van der Waals surface area contributed by atoms with Gasteiger partial charge in [-0.15, -0.1) is 0 Å². The molecule has 8 nitrogen and oxygen atoms in total. The molecular formula is C29H28FN3O5. The molecule has 196 valence electrons. The molecule has 0 aliphatic carbocycles. The van der Waals surface area contributed by atoms with E-state index >= 15 is 0 Å². The van der Waals surface area contributed by atoms with Gasteiger partial charge in [-0.3, -0.25) is 4.79 Å². The first-order valence-corrected chi connectivity index (χ1v) is 12.5. The molecule has 0 saturated heterocycles. The van der Waals surface area contributed by atoms with Gasteiger partial charge in [0, 0.05) is 31.2 Å². The standard InChI is InChI=1S/C29H28FN3O5/c1-3-32(4-2)29(35)38-25-14-13-22-21(15-16-33(22)17-19-9-11-20(30)12-10-19)27(25)31-28(34)26-18-36-23-7-5-6-8-24(23)37-26/h5-16,26H,3-4,17-18H2,1-2H3,(H,31,34)/t26-/m1/s1. The molecule has 1 atom stereocenters. The van der Waals surface area contributed by atoms with E-state index in [1.54, 1.807) is 41.3 Å². The summed E-state index contributed by atoms with van der Waals surface area (Å²) < 4.78 is 32.7. The van der Waals surface area contributed by atoms with Crippen LogP contribution in [0.3, 0.4) is 0 Å². The number of ether oxygens (including phenoxy) is 3. The molecule has 1 aliphatic rings. The van der Waals surface area contributed by atoms with Gasteiger partial charge in [-0.25, -0.2) is 9.18 Å². The average Bonchev–Trinajstić information content (AvgIpc) is 3.34. The molecular weight excluding hydrogens is 489 g/mol. The van der Waals surface area contributed by atoms with Gasteiger partial charge in [-0.2, -0.15) is 0 Å². The molecule has 2 heterocycles. The summed E-state index contributed by atoms with van der Waals surface area (Å²) in [7, 11) is 0. The SMILES string of the molecule is CCN(CC)C(=O)Oc1ccc2c(ccn2Cc2ccc(F)cc2)c1NC(=O)[C@H]1COc2ccccc2O1. The van der Waals surface area contributed by atoms with Crippen molar-refractivity contribution in [2.75, 3.05) is 25.0 Å². The van der Waals surface area contributed by atoms with Gasteiger partial charge in [0.15, 0.2) is 17.2 Å². The van der Waals surface area contributed by atoms with Crippen molar-refractivity contribution in [3.8, 4) is 17.2 Å². The van der Waals surface area contributed by atoms with Crippen molar-refractivity contribution in [2.24, 2.45) is 0 Å². The number of amides is 2. The van der Waals surface area contributed by atoms with Crippen molar-refractivity contribution in [3.63, 3.8) is 0 Å². The van der Waals surface area contributed by atoms with Crippen LogP contribution in [0.1, 0.15) is 19.4 Å². The fraction of sp³-hybridized carbons (Fsp3) is 0.241. The van der Waals surface area contributed by atoms with Crippen LogP contribution in [0.25, 0.3) is 10.9 Å². The highest BCUT2D eigenvalue weighted by atomic mass is 19.1. The Balaban J connectivity index is 1.47. The number of carbonyl (C=O) groups is 2. The molecule has 0 bridgehead atoms. The summed E-state index contributed by atoms with van der Waals surface area (Å²) in [5.41, 5.74) is 2.07. The molecule has 38 heavy (non-hydrogen) atoms. The first kappa shape index (κ1) is 25.1. The minimum absolute atomic E-state index is 0.0406. The van der Waals surface area contributed by atoms with Crippen LogP contribution in [0, 0.1) is 5.82 Å². The van der Waals surface area contributed by atoms with Crippen LogP contribution in [0.2, 0.25) is 0 Å². The minimum atomic E-state index is -0.896. The maximum atomic E-state index is 13.4. The number of nitrogens with zero attached hydrogens (tertiary/aromatic N) is 2. The zero-order chi connectivity index (χ0) is 26.6. The molecule has 0 fully saturated rings. The van der Waals surface area contributed by atoms with Crippen molar-refractivity contribution in [3.05, 3.63) is 84.3 Å². The Hall–Kier alpha value is -4.53. The first-order chi connectivity index (χ1) is 18.5. The Morgan fingerprint density at radius 2 is 1.76 bits per heavy atom. The lowest BCUT2D eigenvalue weighted by Crippen LogP contribution is -2.40. The molecule has 9 heteroatoms. The largest absolute Gasteiger partial charge is 0.485 e. The number of hydrogen-bond donors (Lipinski definition) is 1. The second-order valence-corrected chi connectivity index (χ2v) is 8.84. The molecule has 1 aromatic heterocycles. The van der Waals surface area contributed by atoms with Crippen LogP contribution in [-0.4, -0.2) is 47.3 Å². The molecule has 5 rings (SSSR count). The van der Waals surface area contributed by atoms with Crippen LogP contribution >= 0.6 is 0 Å². The van der Waals surface area contributed by atoms with Gasteiger partial charge in [0.1, 0.15) is 12.4 Å². The smallest absolute Gasteiger partial charge is 0.415 e. The van der Waals surface area contributed by atoms with E-state index in [1.165, 1.54) is 12.1 Å². The summed E-state index contributed by atoms with van der Waals surface area (Å²) in [4.78, 5) is 27.6. The third kappa shape index (κ3) is 5.13. The second-order valence-electron chi connectivity index (χ2n) is 8.84. The zero-order valence-corrected chi connectivity index (χ0v) is 21.1. The highest BCUT2D eigenvalue weighted by Gasteiger charge is 2.29. The van der Waals surface area contributed by atoms with E-state index in [2.05, 4.69) is 5.32 Å². The van der Waals surface area contributed by atoms with Crippen molar-refractivity contribution in [1.29, 1.82) is 0 Å². The van der Waals surface area contributed by atoms with Crippen molar-refractivity contribution in [1.82, 2.24) is 9.47 Å². The van der Waals surface area contributed by atoms with Gasteiger partial charge in [-0.05, 0) is 61.9 Å². The summed E-state index contributed by atoms with van der Waals surface area (Å²) >= 11 is 0. The third-order valence-electron chi connectivity index (χ3n) is 6.45. The monoisotopic (exact) mass is 517 g/mol. The highest BCUT2D eigenvalue weighted by Crippen LogP contribution is 2.36. The van der Waals surface area contributed by atoms with Crippen molar-refractivity contribution in [2.45, 2.75) is 26.5 Å².